The van der Waals surface area contributed by atoms with Crippen molar-refractivity contribution < 1.29 is 4.39 Å². The number of pyridine rings is 1. The number of H-pyrrole nitrogens is 1. The number of aromatic amines is 1. The fourth-order valence-corrected chi connectivity index (χ4v) is 2.42. The third kappa shape index (κ3) is 1.80. The monoisotopic (exact) mass is 280 g/mol. The molecule has 1 aromatic carbocycles. The van der Waals surface area contributed by atoms with Crippen LogP contribution in [0, 0.1) is 5.82 Å². The number of nitrogens with zero attached hydrogens (tertiary/aromatic N) is 3. The smallest absolute Gasteiger partial charge is 0.255 e. The van der Waals surface area contributed by atoms with E-state index in [9.17, 15) is 9.18 Å². The summed E-state index contributed by atoms with van der Waals surface area (Å²) in [5.41, 5.74) is 1.92. The van der Waals surface area contributed by atoms with Gasteiger partial charge in [-0.05, 0) is 23.6 Å². The quantitative estimate of drug-likeness (QED) is 0.582. The zero-order chi connectivity index (χ0) is 14.4. The lowest BCUT2D eigenvalue weighted by Gasteiger charge is -2.06. The first kappa shape index (κ1) is 11.8. The van der Waals surface area contributed by atoms with Crippen molar-refractivity contribution in [3.8, 4) is 11.1 Å². The van der Waals surface area contributed by atoms with Gasteiger partial charge < -0.3 is 4.98 Å². The van der Waals surface area contributed by atoms with E-state index in [0.717, 1.165) is 11.2 Å². The molecule has 0 saturated carbocycles. The van der Waals surface area contributed by atoms with Crippen LogP contribution in [0.1, 0.15) is 0 Å². The molecule has 21 heavy (non-hydrogen) atoms. The van der Waals surface area contributed by atoms with E-state index in [1.165, 1.54) is 18.2 Å². The van der Waals surface area contributed by atoms with Crippen molar-refractivity contribution in [3.63, 3.8) is 0 Å². The van der Waals surface area contributed by atoms with Gasteiger partial charge in [0.05, 0.1) is 6.20 Å². The second-order valence-corrected chi connectivity index (χ2v) is 4.70. The average molecular weight is 280 g/mol. The fourth-order valence-electron chi connectivity index (χ4n) is 2.42. The van der Waals surface area contributed by atoms with E-state index < -0.39 is 0 Å². The van der Waals surface area contributed by atoms with Gasteiger partial charge in [-0.1, -0.05) is 0 Å². The summed E-state index contributed by atoms with van der Waals surface area (Å²) in [6, 6.07) is 5.89. The molecule has 0 aliphatic carbocycles. The van der Waals surface area contributed by atoms with Gasteiger partial charge in [-0.2, -0.15) is 5.10 Å². The Morgan fingerprint density at radius 2 is 2.10 bits per heavy atom. The average Bonchev–Trinajstić information content (AvgIpc) is 2.95. The highest BCUT2D eigenvalue weighted by molar-refractivity contribution is 5.95. The number of halogens is 1. The number of hydrogen-bond donors (Lipinski definition) is 1. The van der Waals surface area contributed by atoms with Gasteiger partial charge in [-0.15, -0.1) is 0 Å². The molecule has 1 N–H and O–H groups in total. The summed E-state index contributed by atoms with van der Waals surface area (Å²) in [6.45, 7) is 0. The summed E-state index contributed by atoms with van der Waals surface area (Å²) in [7, 11) is 0. The molecule has 0 saturated heterocycles. The van der Waals surface area contributed by atoms with Crippen molar-refractivity contribution >= 4 is 16.4 Å². The van der Waals surface area contributed by atoms with Crippen LogP contribution >= 0.6 is 0 Å². The molecule has 0 radical (unpaired) electrons. The van der Waals surface area contributed by atoms with E-state index >= 15 is 0 Å². The minimum absolute atomic E-state index is 0.248. The van der Waals surface area contributed by atoms with E-state index in [2.05, 4.69) is 15.1 Å². The predicted molar refractivity (Wildman–Crippen MR) is 76.5 cm³/mol. The van der Waals surface area contributed by atoms with Crippen LogP contribution in [0.3, 0.4) is 0 Å². The van der Waals surface area contributed by atoms with Crippen LogP contribution in [0.15, 0.2) is 53.8 Å². The molecule has 0 fully saturated rings. The Bertz CT molecular complexity index is 1030. The molecule has 3 heterocycles. The summed E-state index contributed by atoms with van der Waals surface area (Å²) in [4.78, 5) is 18.8. The Hall–Kier alpha value is -3.02. The predicted octanol–water partition coefficient (Wildman–Crippen LogP) is 2.38. The molecule has 0 atom stereocenters. The summed E-state index contributed by atoms with van der Waals surface area (Å²) in [6.07, 6.45) is 6.68. The fraction of sp³-hybridized carbons (Fsp3) is 0. The summed E-state index contributed by atoms with van der Waals surface area (Å²) in [5, 5.41) is 5.12. The summed E-state index contributed by atoms with van der Waals surface area (Å²) in [5.74, 6) is -0.387. The van der Waals surface area contributed by atoms with E-state index in [-0.39, 0.29) is 11.4 Å². The molecule has 0 unspecified atom stereocenters. The number of benzene rings is 1. The molecule has 5 nitrogen and oxygen atoms in total. The lowest BCUT2D eigenvalue weighted by Crippen LogP contribution is -2.06. The minimum atomic E-state index is -0.387. The zero-order valence-electron chi connectivity index (χ0n) is 10.7. The first-order valence-corrected chi connectivity index (χ1v) is 6.33. The number of nitrogens with one attached hydrogen (secondary N) is 1. The minimum Gasteiger partial charge on any atom is -0.328 e. The molecular formula is C15H9FN4O. The van der Waals surface area contributed by atoms with Crippen molar-refractivity contribution in [2.45, 2.75) is 0 Å². The Kier molecular flexibility index (Phi) is 2.38. The largest absolute Gasteiger partial charge is 0.328 e. The van der Waals surface area contributed by atoms with Crippen LogP contribution in [0.4, 0.5) is 4.39 Å². The summed E-state index contributed by atoms with van der Waals surface area (Å²) < 4.78 is 15.2. The molecule has 0 aliphatic rings. The van der Waals surface area contributed by atoms with Crippen LogP contribution in [0.2, 0.25) is 0 Å². The van der Waals surface area contributed by atoms with Crippen molar-refractivity contribution in [1.29, 1.82) is 0 Å². The molecule has 6 heteroatoms. The lowest BCUT2D eigenvalue weighted by molar-refractivity contribution is 0.629. The van der Waals surface area contributed by atoms with Gasteiger partial charge in [0.1, 0.15) is 5.82 Å². The third-order valence-electron chi connectivity index (χ3n) is 3.42. The molecule has 0 spiro atoms. The molecule has 102 valence electrons. The Morgan fingerprint density at radius 1 is 1.19 bits per heavy atom. The standard InChI is InChI=1S/C15H9FN4O/c16-10-1-2-11-12(5-10)13(7-18-15(11)21)9-6-17-14-3-4-19-20(14)8-9/h1-8H,(H,18,21). The number of fused-ring (bicyclic) bond motifs is 2. The molecular weight excluding hydrogens is 271 g/mol. The Labute approximate surface area is 117 Å². The van der Waals surface area contributed by atoms with Crippen LogP contribution < -0.4 is 5.56 Å². The maximum Gasteiger partial charge on any atom is 0.255 e. The number of hydrogen-bond acceptors (Lipinski definition) is 3. The maximum atomic E-state index is 13.5. The highest BCUT2D eigenvalue weighted by Crippen LogP contribution is 2.26. The van der Waals surface area contributed by atoms with Crippen molar-refractivity contribution in [3.05, 3.63) is 65.2 Å². The van der Waals surface area contributed by atoms with E-state index in [4.69, 9.17) is 0 Å². The van der Waals surface area contributed by atoms with E-state index in [0.29, 0.717) is 16.3 Å². The molecule has 0 aliphatic heterocycles. The van der Waals surface area contributed by atoms with Gasteiger partial charge in [0.2, 0.25) is 0 Å². The SMILES string of the molecule is O=c1[nH]cc(-c2cnc3ccnn3c2)c2cc(F)ccc12. The van der Waals surface area contributed by atoms with Gasteiger partial charge in [0.25, 0.3) is 5.56 Å². The van der Waals surface area contributed by atoms with Gasteiger partial charge in [0.15, 0.2) is 5.65 Å². The topological polar surface area (TPSA) is 63.0 Å². The van der Waals surface area contributed by atoms with Crippen molar-refractivity contribution in [2.75, 3.05) is 0 Å². The molecule has 4 rings (SSSR count). The van der Waals surface area contributed by atoms with Gasteiger partial charge in [-0.25, -0.2) is 13.9 Å². The van der Waals surface area contributed by atoms with Gasteiger partial charge in [-0.3, -0.25) is 4.79 Å². The molecule has 0 bridgehead atoms. The number of rotatable bonds is 1. The normalized spacial score (nSPS) is 11.3. The van der Waals surface area contributed by atoms with Crippen LogP contribution in [0.5, 0.6) is 0 Å². The maximum absolute atomic E-state index is 13.5. The third-order valence-corrected chi connectivity index (χ3v) is 3.42. The zero-order valence-corrected chi connectivity index (χ0v) is 10.7. The Balaban J connectivity index is 2.07. The highest BCUT2D eigenvalue weighted by atomic mass is 19.1. The van der Waals surface area contributed by atoms with Crippen LogP contribution in [-0.2, 0) is 0 Å². The van der Waals surface area contributed by atoms with Gasteiger partial charge >= 0.3 is 0 Å². The van der Waals surface area contributed by atoms with E-state index in [1.807, 2.05) is 0 Å². The van der Waals surface area contributed by atoms with Crippen molar-refractivity contribution in [2.24, 2.45) is 0 Å². The second kappa shape index (κ2) is 4.24. The first-order chi connectivity index (χ1) is 10.2. The molecule has 4 aromatic rings. The molecule has 3 aromatic heterocycles. The highest BCUT2D eigenvalue weighted by Gasteiger charge is 2.09. The second-order valence-electron chi connectivity index (χ2n) is 4.70. The first-order valence-electron chi connectivity index (χ1n) is 6.33. The summed E-state index contributed by atoms with van der Waals surface area (Å²) >= 11 is 0. The lowest BCUT2D eigenvalue weighted by atomic mass is 10.0. The Morgan fingerprint density at radius 3 is 3.00 bits per heavy atom. The molecule has 0 amide bonds. The van der Waals surface area contributed by atoms with E-state index in [1.54, 1.807) is 35.4 Å². The number of aromatic nitrogens is 4. The van der Waals surface area contributed by atoms with Gasteiger partial charge in [0, 0.05) is 41.2 Å². The van der Waals surface area contributed by atoms with Crippen LogP contribution in [0.25, 0.3) is 27.5 Å². The van der Waals surface area contributed by atoms with Crippen molar-refractivity contribution in [1.82, 2.24) is 19.6 Å². The van der Waals surface area contributed by atoms with Crippen LogP contribution in [-0.4, -0.2) is 19.6 Å².